The second-order valence-corrected chi connectivity index (χ2v) is 10.6. The van der Waals surface area contributed by atoms with Crippen LogP contribution >= 0.6 is 0 Å². The Kier molecular flexibility index (Phi) is 7.75. The smallest absolute Gasteiger partial charge is 0.328 e. The number of benzene rings is 2. The van der Waals surface area contributed by atoms with Crippen molar-refractivity contribution in [2.45, 2.75) is 59.3 Å². The van der Waals surface area contributed by atoms with E-state index in [1.165, 1.54) is 16.4 Å². The average molecular weight is 498 g/mol. The number of nitrogens with zero attached hydrogens (tertiary/aromatic N) is 1. The predicted molar refractivity (Wildman–Crippen MR) is 136 cm³/mol. The molecule has 0 aliphatic heterocycles. The second kappa shape index (κ2) is 10.4. The highest BCUT2D eigenvalue weighted by Gasteiger charge is 2.32. The van der Waals surface area contributed by atoms with Gasteiger partial charge in [0.2, 0.25) is 5.09 Å². The van der Waals surface area contributed by atoms with Gasteiger partial charge in [0, 0.05) is 12.1 Å². The number of carbonyl (C=O) groups is 1. The quantitative estimate of drug-likeness (QED) is 0.376. The topological polar surface area (TPSA) is 97.0 Å². The summed E-state index contributed by atoms with van der Waals surface area (Å²) in [6.07, 6.45) is 2.62. The van der Waals surface area contributed by atoms with Crippen LogP contribution in [0.3, 0.4) is 0 Å². The number of ether oxygens (including phenoxy) is 1. The van der Waals surface area contributed by atoms with Gasteiger partial charge in [-0.1, -0.05) is 18.2 Å². The second-order valence-electron chi connectivity index (χ2n) is 8.81. The summed E-state index contributed by atoms with van der Waals surface area (Å²) in [5, 5.41) is 8.72. The van der Waals surface area contributed by atoms with E-state index >= 15 is 0 Å². The normalized spacial score (nSPS) is 11.9. The van der Waals surface area contributed by atoms with Crippen molar-refractivity contribution in [3.63, 3.8) is 0 Å². The van der Waals surface area contributed by atoms with Gasteiger partial charge in [0.15, 0.2) is 0 Å². The lowest BCUT2D eigenvalue weighted by molar-refractivity contribution is -0.131. The Labute approximate surface area is 206 Å². The summed E-state index contributed by atoms with van der Waals surface area (Å²) in [4.78, 5) is 10.8. The number of rotatable bonds is 9. The molecule has 3 rings (SSSR count). The van der Waals surface area contributed by atoms with Gasteiger partial charge < -0.3 is 14.3 Å². The molecule has 0 radical (unpaired) electrons. The van der Waals surface area contributed by atoms with Gasteiger partial charge in [-0.15, -0.1) is 0 Å². The molecule has 0 fully saturated rings. The van der Waals surface area contributed by atoms with E-state index in [4.69, 9.17) is 14.3 Å². The lowest BCUT2D eigenvalue weighted by atomic mass is 10.0. The van der Waals surface area contributed by atoms with Crippen LogP contribution in [0.25, 0.3) is 6.08 Å². The SMILES string of the molecule is Cc1ccc(S(=O)(=O)N(c2cc(C)c(C)cc2OCc2ccc(/C=C/C(=O)O)cc2C)C(C)C)o1. The van der Waals surface area contributed by atoms with Gasteiger partial charge in [-0.3, -0.25) is 4.31 Å². The lowest BCUT2D eigenvalue weighted by Gasteiger charge is -2.29. The molecule has 0 aliphatic carbocycles. The number of carboxylic acids is 1. The van der Waals surface area contributed by atoms with Gasteiger partial charge in [-0.2, -0.15) is 8.42 Å². The zero-order chi connectivity index (χ0) is 25.9. The van der Waals surface area contributed by atoms with Gasteiger partial charge >= 0.3 is 5.97 Å². The van der Waals surface area contributed by atoms with Crippen LogP contribution in [0, 0.1) is 27.7 Å². The Morgan fingerprint density at radius 1 is 1.03 bits per heavy atom. The Bertz CT molecular complexity index is 1370. The van der Waals surface area contributed by atoms with Crippen LogP contribution in [-0.2, 0) is 21.4 Å². The Hall–Kier alpha value is -3.52. The zero-order valence-corrected chi connectivity index (χ0v) is 21.6. The fraction of sp³-hybridized carbons (Fsp3) is 0.296. The third-order valence-corrected chi connectivity index (χ3v) is 7.54. The van der Waals surface area contributed by atoms with Gasteiger partial charge in [-0.05, 0) is 99.7 Å². The van der Waals surface area contributed by atoms with Crippen molar-refractivity contribution < 1.29 is 27.5 Å². The third-order valence-electron chi connectivity index (χ3n) is 5.68. The predicted octanol–water partition coefficient (Wildman–Crippen LogP) is 5.79. The van der Waals surface area contributed by atoms with E-state index in [0.29, 0.717) is 17.2 Å². The van der Waals surface area contributed by atoms with Gasteiger partial charge in [-0.25, -0.2) is 4.79 Å². The van der Waals surface area contributed by atoms with E-state index in [1.54, 1.807) is 26.8 Å². The van der Waals surface area contributed by atoms with Crippen LogP contribution < -0.4 is 9.04 Å². The van der Waals surface area contributed by atoms with Gasteiger partial charge in [0.05, 0.1) is 5.69 Å². The minimum Gasteiger partial charge on any atom is -0.487 e. The summed E-state index contributed by atoms with van der Waals surface area (Å²) in [5.74, 6) is -0.0458. The highest BCUT2D eigenvalue weighted by atomic mass is 32.2. The molecule has 1 heterocycles. The molecule has 3 aromatic rings. The summed E-state index contributed by atoms with van der Waals surface area (Å²) >= 11 is 0. The minimum absolute atomic E-state index is 0.117. The summed E-state index contributed by atoms with van der Waals surface area (Å²) in [7, 11) is -3.96. The van der Waals surface area contributed by atoms with Crippen LogP contribution in [0.2, 0.25) is 0 Å². The first kappa shape index (κ1) is 26.1. The molecule has 0 spiro atoms. The highest BCUT2D eigenvalue weighted by Crippen LogP contribution is 2.37. The summed E-state index contributed by atoms with van der Waals surface area (Å²) < 4.78 is 40.1. The minimum atomic E-state index is -3.96. The van der Waals surface area contributed by atoms with Gasteiger partial charge in [0.1, 0.15) is 18.1 Å². The zero-order valence-electron chi connectivity index (χ0n) is 20.8. The van der Waals surface area contributed by atoms with E-state index in [0.717, 1.165) is 33.9 Å². The number of aliphatic carboxylic acids is 1. The monoisotopic (exact) mass is 497 g/mol. The maximum atomic E-state index is 13.5. The van der Waals surface area contributed by atoms with Crippen molar-refractivity contribution in [1.29, 1.82) is 0 Å². The number of hydrogen-bond donors (Lipinski definition) is 1. The number of anilines is 1. The van der Waals surface area contributed by atoms with Crippen LogP contribution in [0.1, 0.15) is 47.4 Å². The molecule has 0 saturated carbocycles. The molecule has 2 aromatic carbocycles. The molecule has 8 heteroatoms. The number of aryl methyl sites for hydroxylation is 4. The number of hydrogen-bond acceptors (Lipinski definition) is 5. The molecule has 0 unspecified atom stereocenters. The largest absolute Gasteiger partial charge is 0.487 e. The van der Waals surface area contributed by atoms with E-state index < -0.39 is 22.0 Å². The summed E-state index contributed by atoms with van der Waals surface area (Å²) in [6, 6.07) is 11.9. The third kappa shape index (κ3) is 5.95. The Morgan fingerprint density at radius 2 is 1.71 bits per heavy atom. The molecule has 186 valence electrons. The molecule has 0 atom stereocenters. The molecule has 0 bridgehead atoms. The van der Waals surface area contributed by atoms with E-state index in [1.807, 2.05) is 51.1 Å². The van der Waals surface area contributed by atoms with Crippen molar-refractivity contribution in [3.05, 3.63) is 82.1 Å². The van der Waals surface area contributed by atoms with E-state index in [9.17, 15) is 13.2 Å². The molecule has 7 nitrogen and oxygen atoms in total. The van der Waals surface area contributed by atoms with E-state index in [-0.39, 0.29) is 11.7 Å². The molecular weight excluding hydrogens is 466 g/mol. The molecule has 0 aliphatic rings. The van der Waals surface area contributed by atoms with Crippen LogP contribution in [0.4, 0.5) is 5.69 Å². The van der Waals surface area contributed by atoms with Crippen molar-refractivity contribution >= 4 is 27.8 Å². The standard InChI is InChI=1S/C27H31NO6S/c1-17(2)28(35(31,32)27-12-7-21(6)34-27)24-14-18(3)19(4)15-25(24)33-16-23-10-8-22(13-20(23)5)9-11-26(29)30/h7-15,17H,16H2,1-6H3,(H,29,30)/b11-9+. The Balaban J connectivity index is 1.98. The van der Waals surface area contributed by atoms with Crippen LogP contribution in [0.5, 0.6) is 5.75 Å². The van der Waals surface area contributed by atoms with Gasteiger partial charge in [0.25, 0.3) is 10.0 Å². The van der Waals surface area contributed by atoms with Crippen LogP contribution in [0.15, 0.2) is 58.1 Å². The fourth-order valence-corrected chi connectivity index (χ4v) is 5.33. The first-order chi connectivity index (χ1) is 16.4. The fourth-order valence-electron chi connectivity index (χ4n) is 3.70. The molecule has 0 amide bonds. The van der Waals surface area contributed by atoms with Crippen molar-refractivity contribution in [1.82, 2.24) is 0 Å². The Morgan fingerprint density at radius 3 is 2.29 bits per heavy atom. The molecule has 35 heavy (non-hydrogen) atoms. The first-order valence-corrected chi connectivity index (χ1v) is 12.7. The maximum absolute atomic E-state index is 13.5. The number of carboxylic acid groups (broad SMARTS) is 1. The number of sulfonamides is 1. The first-order valence-electron chi connectivity index (χ1n) is 11.3. The van der Waals surface area contributed by atoms with Crippen molar-refractivity contribution in [2.24, 2.45) is 0 Å². The summed E-state index contributed by atoms with van der Waals surface area (Å²) in [6.45, 7) is 11.3. The van der Waals surface area contributed by atoms with Crippen molar-refractivity contribution in [2.75, 3.05) is 4.31 Å². The molecule has 1 N–H and O–H groups in total. The number of furan rings is 1. The van der Waals surface area contributed by atoms with Crippen molar-refractivity contribution in [3.8, 4) is 5.75 Å². The molecular formula is C27H31NO6S. The highest BCUT2D eigenvalue weighted by molar-refractivity contribution is 7.92. The average Bonchev–Trinajstić information content (AvgIpc) is 3.21. The van der Waals surface area contributed by atoms with Crippen LogP contribution in [-0.4, -0.2) is 25.5 Å². The molecule has 1 aromatic heterocycles. The maximum Gasteiger partial charge on any atom is 0.328 e. The lowest BCUT2D eigenvalue weighted by Crippen LogP contribution is -2.37. The summed E-state index contributed by atoms with van der Waals surface area (Å²) in [5.41, 5.74) is 4.96. The molecule has 0 saturated heterocycles. The van der Waals surface area contributed by atoms with E-state index in [2.05, 4.69) is 0 Å².